The van der Waals surface area contributed by atoms with Crippen LogP contribution in [0, 0.1) is 0 Å². The van der Waals surface area contributed by atoms with E-state index < -0.39 is 0 Å². The molecule has 1 saturated heterocycles. The van der Waals surface area contributed by atoms with Crippen LogP contribution < -0.4 is 5.32 Å². The third kappa shape index (κ3) is 7.87. The highest BCUT2D eigenvalue weighted by molar-refractivity contribution is 5.79. The van der Waals surface area contributed by atoms with E-state index in [-0.39, 0.29) is 0 Å². The zero-order valence-electron chi connectivity index (χ0n) is 17.1. The lowest BCUT2D eigenvalue weighted by Crippen LogP contribution is -2.46. The molecule has 0 aliphatic carbocycles. The fourth-order valence-corrected chi connectivity index (χ4v) is 3.26. The molecule has 0 saturated carbocycles. The van der Waals surface area contributed by atoms with Crippen LogP contribution in [0.25, 0.3) is 0 Å². The first-order chi connectivity index (χ1) is 13.3. The molecule has 0 unspecified atom stereocenters. The first-order valence-electron chi connectivity index (χ1n) is 10.1. The Kier molecular flexibility index (Phi) is 10.2. The summed E-state index contributed by atoms with van der Waals surface area (Å²) in [5.74, 6) is 0.961. The average molecular weight is 378 g/mol. The predicted octanol–water partition coefficient (Wildman–Crippen LogP) is 2.82. The number of likely N-dealkylation sites (tertiary alicyclic amines) is 1. The minimum atomic E-state index is 0.392. The Balaban J connectivity index is 1.76. The highest BCUT2D eigenvalue weighted by atomic mass is 16.5. The summed E-state index contributed by atoms with van der Waals surface area (Å²) in [4.78, 5) is 6.77. The lowest BCUT2D eigenvalue weighted by atomic mass is 10.1. The number of hydrogen-bond acceptors (Lipinski definition) is 4. The summed E-state index contributed by atoms with van der Waals surface area (Å²) in [5.41, 5.74) is 2.41. The number of nitrogens with zero attached hydrogens (tertiary/aromatic N) is 2. The van der Waals surface area contributed by atoms with E-state index in [0.717, 1.165) is 51.6 Å². The van der Waals surface area contributed by atoms with Gasteiger partial charge in [-0.3, -0.25) is 4.99 Å². The summed E-state index contributed by atoms with van der Waals surface area (Å²) in [6.45, 7) is 10.2. The second kappa shape index (κ2) is 12.7. The van der Waals surface area contributed by atoms with Gasteiger partial charge in [0, 0.05) is 39.9 Å². The van der Waals surface area contributed by atoms with Gasteiger partial charge in [0.05, 0.1) is 25.9 Å². The SMILES string of the molecule is CCOCCOCc1cccc(CNC(=NC)N2CCC(OCC)CC2)c1. The molecule has 27 heavy (non-hydrogen) atoms. The molecule has 152 valence electrons. The highest BCUT2D eigenvalue weighted by Gasteiger charge is 2.21. The summed E-state index contributed by atoms with van der Waals surface area (Å²) in [5, 5.41) is 3.49. The van der Waals surface area contributed by atoms with Crippen molar-refractivity contribution in [1.29, 1.82) is 0 Å². The Bertz CT molecular complexity index is 557. The van der Waals surface area contributed by atoms with Crippen molar-refractivity contribution < 1.29 is 14.2 Å². The zero-order chi connectivity index (χ0) is 19.3. The van der Waals surface area contributed by atoms with E-state index in [0.29, 0.717) is 25.9 Å². The fraction of sp³-hybridized carbons (Fsp3) is 0.667. The maximum absolute atomic E-state index is 5.73. The molecule has 1 heterocycles. The summed E-state index contributed by atoms with van der Waals surface area (Å²) in [6, 6.07) is 8.49. The summed E-state index contributed by atoms with van der Waals surface area (Å²) < 4.78 is 16.7. The van der Waals surface area contributed by atoms with Crippen LogP contribution in [0.1, 0.15) is 37.8 Å². The van der Waals surface area contributed by atoms with Gasteiger partial charge in [0.25, 0.3) is 0 Å². The molecule has 0 radical (unpaired) electrons. The minimum absolute atomic E-state index is 0.392. The number of ether oxygens (including phenoxy) is 3. The monoisotopic (exact) mass is 377 g/mol. The molecule has 1 N–H and O–H groups in total. The quantitative estimate of drug-likeness (QED) is 0.386. The molecule has 6 nitrogen and oxygen atoms in total. The molecule has 0 atom stereocenters. The van der Waals surface area contributed by atoms with Crippen LogP contribution >= 0.6 is 0 Å². The van der Waals surface area contributed by atoms with E-state index in [9.17, 15) is 0 Å². The van der Waals surface area contributed by atoms with Crippen molar-refractivity contribution >= 4 is 5.96 Å². The van der Waals surface area contributed by atoms with Gasteiger partial charge in [0.2, 0.25) is 0 Å². The molecule has 1 aliphatic rings. The summed E-state index contributed by atoms with van der Waals surface area (Å²) >= 11 is 0. The van der Waals surface area contributed by atoms with E-state index in [2.05, 4.69) is 46.4 Å². The number of guanidine groups is 1. The first kappa shape index (κ1) is 21.7. The fourth-order valence-electron chi connectivity index (χ4n) is 3.26. The highest BCUT2D eigenvalue weighted by Crippen LogP contribution is 2.14. The van der Waals surface area contributed by atoms with E-state index in [4.69, 9.17) is 14.2 Å². The van der Waals surface area contributed by atoms with Crippen LogP contribution in [-0.4, -0.2) is 63.5 Å². The third-order valence-corrected chi connectivity index (χ3v) is 4.64. The van der Waals surface area contributed by atoms with Gasteiger partial charge in [-0.05, 0) is 37.8 Å². The standard InChI is InChI=1S/C21H35N3O3/c1-4-25-13-14-26-17-19-8-6-7-18(15-19)16-23-21(22-3)24-11-9-20(10-12-24)27-5-2/h6-8,15,20H,4-5,9-14,16-17H2,1-3H3,(H,22,23). The molecule has 2 rings (SSSR count). The van der Waals surface area contributed by atoms with E-state index >= 15 is 0 Å². The van der Waals surface area contributed by atoms with E-state index in [1.165, 1.54) is 11.1 Å². The Hall–Kier alpha value is -1.63. The van der Waals surface area contributed by atoms with Crippen molar-refractivity contribution in [2.75, 3.05) is 46.6 Å². The number of nitrogens with one attached hydrogen (secondary N) is 1. The maximum atomic E-state index is 5.73. The number of rotatable bonds is 10. The first-order valence-corrected chi connectivity index (χ1v) is 10.1. The lowest BCUT2D eigenvalue weighted by Gasteiger charge is -2.34. The molecule has 6 heteroatoms. The lowest BCUT2D eigenvalue weighted by molar-refractivity contribution is 0.0263. The van der Waals surface area contributed by atoms with Crippen LogP contribution in [0.2, 0.25) is 0 Å². The van der Waals surface area contributed by atoms with Gasteiger partial charge in [-0.2, -0.15) is 0 Å². The molecule has 1 aromatic rings. The Morgan fingerprint density at radius 3 is 2.56 bits per heavy atom. The van der Waals surface area contributed by atoms with Gasteiger partial charge in [-0.25, -0.2) is 0 Å². The molecular formula is C21H35N3O3. The van der Waals surface area contributed by atoms with E-state index in [1.807, 2.05) is 14.0 Å². The van der Waals surface area contributed by atoms with Crippen LogP contribution in [0.5, 0.6) is 0 Å². The van der Waals surface area contributed by atoms with Gasteiger partial charge >= 0.3 is 0 Å². The molecular weight excluding hydrogens is 342 g/mol. The van der Waals surface area contributed by atoms with Crippen molar-refractivity contribution in [2.24, 2.45) is 4.99 Å². The van der Waals surface area contributed by atoms with Crippen LogP contribution in [0.3, 0.4) is 0 Å². The van der Waals surface area contributed by atoms with Gasteiger partial charge in [0.15, 0.2) is 5.96 Å². The Labute approximate surface area is 163 Å². The molecule has 1 aromatic carbocycles. The molecule has 1 fully saturated rings. The molecule has 0 amide bonds. The molecule has 1 aliphatic heterocycles. The van der Waals surface area contributed by atoms with Crippen LogP contribution in [0.4, 0.5) is 0 Å². The summed E-state index contributed by atoms with van der Waals surface area (Å²) in [7, 11) is 1.85. The average Bonchev–Trinajstić information content (AvgIpc) is 2.70. The second-order valence-electron chi connectivity index (χ2n) is 6.61. The molecule has 0 spiro atoms. The molecule has 0 bridgehead atoms. The van der Waals surface area contributed by atoms with Crippen molar-refractivity contribution in [1.82, 2.24) is 10.2 Å². The van der Waals surface area contributed by atoms with Gasteiger partial charge in [0.1, 0.15) is 0 Å². The summed E-state index contributed by atoms with van der Waals surface area (Å²) in [6.07, 6.45) is 2.51. The van der Waals surface area contributed by atoms with Gasteiger partial charge in [-0.15, -0.1) is 0 Å². The van der Waals surface area contributed by atoms with Crippen molar-refractivity contribution in [3.63, 3.8) is 0 Å². The Morgan fingerprint density at radius 2 is 1.85 bits per heavy atom. The number of piperidine rings is 1. The number of hydrogen-bond donors (Lipinski definition) is 1. The van der Waals surface area contributed by atoms with E-state index in [1.54, 1.807) is 0 Å². The topological polar surface area (TPSA) is 55.3 Å². The van der Waals surface area contributed by atoms with Crippen LogP contribution in [0.15, 0.2) is 29.3 Å². The molecule has 0 aromatic heterocycles. The maximum Gasteiger partial charge on any atom is 0.193 e. The zero-order valence-corrected chi connectivity index (χ0v) is 17.1. The normalized spacial score (nSPS) is 16.0. The largest absolute Gasteiger partial charge is 0.379 e. The van der Waals surface area contributed by atoms with Crippen LogP contribution in [-0.2, 0) is 27.4 Å². The minimum Gasteiger partial charge on any atom is -0.379 e. The third-order valence-electron chi connectivity index (χ3n) is 4.64. The van der Waals surface area contributed by atoms with Crippen molar-refractivity contribution in [3.8, 4) is 0 Å². The van der Waals surface area contributed by atoms with Crippen molar-refractivity contribution in [3.05, 3.63) is 35.4 Å². The smallest absolute Gasteiger partial charge is 0.193 e. The van der Waals surface area contributed by atoms with Gasteiger partial charge < -0.3 is 24.4 Å². The predicted molar refractivity (Wildman–Crippen MR) is 109 cm³/mol. The van der Waals surface area contributed by atoms with Gasteiger partial charge in [-0.1, -0.05) is 24.3 Å². The number of aliphatic imine (C=N–C) groups is 1. The Morgan fingerprint density at radius 1 is 1.11 bits per heavy atom. The van der Waals surface area contributed by atoms with Crippen molar-refractivity contribution in [2.45, 2.75) is 45.9 Å². The number of benzene rings is 1. The second-order valence-corrected chi connectivity index (χ2v) is 6.61.